The number of carbonyl (C=O) groups is 4. The van der Waals surface area contributed by atoms with Crippen molar-refractivity contribution in [2.75, 3.05) is 0 Å². The number of amides is 4. The van der Waals surface area contributed by atoms with Crippen LogP contribution < -0.4 is 0 Å². The lowest BCUT2D eigenvalue weighted by atomic mass is 10.2. The minimum Gasteiger partial charge on any atom is -0.353 e. The number of aliphatic hydroxyl groups is 1. The van der Waals surface area contributed by atoms with Gasteiger partial charge in [-0.15, -0.1) is 0 Å². The highest BCUT2D eigenvalue weighted by Crippen LogP contribution is 2.28. The Kier molecular flexibility index (Phi) is 2.63. The minimum absolute atomic E-state index is 0.175. The summed E-state index contributed by atoms with van der Waals surface area (Å²) in [6, 6.07) is 0. The molecule has 0 aromatic rings. The Balaban J connectivity index is 2.43. The highest BCUT2D eigenvalue weighted by Gasteiger charge is 2.51. The normalized spacial score (nSPS) is 19.7. The van der Waals surface area contributed by atoms with Crippen LogP contribution in [0, 0.1) is 0 Å². The van der Waals surface area contributed by atoms with Crippen molar-refractivity contribution in [1.29, 1.82) is 0 Å². The molecule has 0 radical (unpaired) electrons. The fourth-order valence-electron chi connectivity index (χ4n) is 1.92. The molecule has 0 aromatic carbocycles. The van der Waals surface area contributed by atoms with E-state index in [0.717, 1.165) is 24.3 Å². The largest absolute Gasteiger partial charge is 0.353 e. The molecule has 2 heterocycles. The lowest BCUT2D eigenvalue weighted by Gasteiger charge is -2.40. The van der Waals surface area contributed by atoms with Gasteiger partial charge in [-0.25, -0.2) is 9.80 Å². The predicted molar refractivity (Wildman–Crippen MR) is 57.2 cm³/mol. The number of rotatable bonds is 3. The van der Waals surface area contributed by atoms with Crippen LogP contribution in [0.1, 0.15) is 13.3 Å². The lowest BCUT2D eigenvalue weighted by molar-refractivity contribution is -0.208. The molecule has 0 aliphatic carbocycles. The second kappa shape index (κ2) is 3.88. The molecule has 18 heavy (non-hydrogen) atoms. The smallest absolute Gasteiger partial charge is 0.257 e. The predicted octanol–water partition coefficient (Wildman–Crippen LogP) is -1.11. The van der Waals surface area contributed by atoms with Gasteiger partial charge in [0, 0.05) is 30.7 Å². The van der Waals surface area contributed by atoms with E-state index in [-0.39, 0.29) is 6.42 Å². The molecule has 0 bridgehead atoms. The van der Waals surface area contributed by atoms with Crippen LogP contribution in [-0.4, -0.2) is 44.4 Å². The first-order chi connectivity index (χ1) is 8.41. The molecule has 4 amide bonds. The molecule has 0 atom stereocenters. The van der Waals surface area contributed by atoms with E-state index in [2.05, 4.69) is 0 Å². The van der Waals surface area contributed by atoms with E-state index in [1.54, 1.807) is 0 Å². The monoisotopic (exact) mass is 250 g/mol. The van der Waals surface area contributed by atoms with E-state index < -0.39 is 29.5 Å². The van der Waals surface area contributed by atoms with Crippen LogP contribution in [0.3, 0.4) is 0 Å². The number of carbonyl (C=O) groups excluding carboxylic acids is 4. The van der Waals surface area contributed by atoms with Crippen molar-refractivity contribution in [2.24, 2.45) is 0 Å². The van der Waals surface area contributed by atoms with E-state index >= 15 is 0 Å². The fourth-order valence-corrected chi connectivity index (χ4v) is 1.92. The topological polar surface area (TPSA) is 95.0 Å². The Morgan fingerprint density at radius 1 is 0.889 bits per heavy atom. The summed E-state index contributed by atoms with van der Waals surface area (Å²) in [5, 5.41) is 10.4. The summed E-state index contributed by atoms with van der Waals surface area (Å²) in [4.78, 5) is 47.2. The minimum atomic E-state index is -2.27. The van der Waals surface area contributed by atoms with Crippen molar-refractivity contribution in [3.8, 4) is 0 Å². The molecule has 0 fully saturated rings. The first kappa shape index (κ1) is 12.2. The van der Waals surface area contributed by atoms with E-state index in [4.69, 9.17) is 0 Å². The third-order valence-electron chi connectivity index (χ3n) is 2.81. The summed E-state index contributed by atoms with van der Waals surface area (Å²) in [7, 11) is 0. The van der Waals surface area contributed by atoms with Gasteiger partial charge in [-0.05, 0) is 0 Å². The summed E-state index contributed by atoms with van der Waals surface area (Å²) in [6.07, 6.45) is 3.72. The summed E-state index contributed by atoms with van der Waals surface area (Å²) in [6.45, 7) is 1.46. The zero-order valence-electron chi connectivity index (χ0n) is 9.49. The molecule has 0 saturated carbocycles. The van der Waals surface area contributed by atoms with Crippen molar-refractivity contribution in [2.45, 2.75) is 19.2 Å². The molecule has 1 N–H and O–H groups in total. The first-order valence-corrected chi connectivity index (χ1v) is 5.26. The second-order valence-corrected chi connectivity index (χ2v) is 3.82. The Labute approximate surface area is 102 Å². The van der Waals surface area contributed by atoms with Crippen LogP contribution in [0.15, 0.2) is 24.3 Å². The van der Waals surface area contributed by atoms with Gasteiger partial charge in [0.05, 0.1) is 0 Å². The third kappa shape index (κ3) is 1.48. The van der Waals surface area contributed by atoms with Gasteiger partial charge in [0.2, 0.25) is 5.85 Å². The van der Waals surface area contributed by atoms with Crippen LogP contribution in [0.2, 0.25) is 0 Å². The molecular weight excluding hydrogens is 240 g/mol. The van der Waals surface area contributed by atoms with Crippen molar-refractivity contribution < 1.29 is 24.3 Å². The van der Waals surface area contributed by atoms with Gasteiger partial charge in [0.1, 0.15) is 0 Å². The Morgan fingerprint density at radius 2 is 1.17 bits per heavy atom. The van der Waals surface area contributed by atoms with Gasteiger partial charge in [-0.2, -0.15) is 0 Å². The highest BCUT2D eigenvalue weighted by molar-refractivity contribution is 6.16. The molecule has 2 aliphatic rings. The van der Waals surface area contributed by atoms with Gasteiger partial charge in [0.15, 0.2) is 0 Å². The fraction of sp³-hybridized carbons (Fsp3) is 0.273. The van der Waals surface area contributed by atoms with Gasteiger partial charge in [-0.3, -0.25) is 19.2 Å². The van der Waals surface area contributed by atoms with Crippen LogP contribution in [0.5, 0.6) is 0 Å². The Morgan fingerprint density at radius 3 is 1.39 bits per heavy atom. The molecule has 94 valence electrons. The van der Waals surface area contributed by atoms with Crippen molar-refractivity contribution in [1.82, 2.24) is 9.80 Å². The molecule has 0 unspecified atom stereocenters. The number of imide groups is 2. The number of hydrogen-bond acceptors (Lipinski definition) is 5. The quantitative estimate of drug-likeness (QED) is 0.641. The van der Waals surface area contributed by atoms with E-state index in [9.17, 15) is 24.3 Å². The molecule has 2 rings (SSSR count). The van der Waals surface area contributed by atoms with Gasteiger partial charge in [0.25, 0.3) is 23.6 Å². The maximum Gasteiger partial charge on any atom is 0.257 e. The number of nitrogens with zero attached hydrogens (tertiary/aromatic N) is 2. The van der Waals surface area contributed by atoms with Gasteiger partial charge in [-0.1, -0.05) is 6.92 Å². The SMILES string of the molecule is CCC(O)(N1C(=O)C=CC1=O)N1C(=O)C=CC1=O. The van der Waals surface area contributed by atoms with E-state index in [0.29, 0.717) is 9.80 Å². The average Bonchev–Trinajstić information content (AvgIpc) is 2.83. The molecule has 7 nitrogen and oxygen atoms in total. The lowest BCUT2D eigenvalue weighted by Crippen LogP contribution is -2.64. The maximum atomic E-state index is 11.5. The summed E-state index contributed by atoms with van der Waals surface area (Å²) in [5.74, 6) is -5.34. The Hall–Kier alpha value is -2.28. The Bertz CT molecular complexity index is 442. The standard InChI is InChI=1S/C11H10N2O5/c1-2-11(18,12-7(14)3-4-8(12)15)13-9(16)5-6-10(13)17/h3-6,18H,2H2,1H3. The molecular formula is C11H10N2O5. The zero-order valence-corrected chi connectivity index (χ0v) is 9.49. The molecule has 0 saturated heterocycles. The molecule has 0 spiro atoms. The molecule has 0 aromatic heterocycles. The summed E-state index contributed by atoms with van der Waals surface area (Å²) < 4.78 is 0. The van der Waals surface area contributed by atoms with Crippen molar-refractivity contribution in [3.05, 3.63) is 24.3 Å². The highest BCUT2D eigenvalue weighted by atomic mass is 16.4. The van der Waals surface area contributed by atoms with Crippen LogP contribution in [-0.2, 0) is 19.2 Å². The maximum absolute atomic E-state index is 11.5. The average molecular weight is 250 g/mol. The number of hydrogen-bond donors (Lipinski definition) is 1. The van der Waals surface area contributed by atoms with E-state index in [1.807, 2.05) is 0 Å². The van der Waals surface area contributed by atoms with Crippen LogP contribution in [0.25, 0.3) is 0 Å². The summed E-state index contributed by atoms with van der Waals surface area (Å²) in [5.41, 5.74) is 0. The first-order valence-electron chi connectivity index (χ1n) is 5.26. The van der Waals surface area contributed by atoms with E-state index in [1.165, 1.54) is 6.92 Å². The summed E-state index contributed by atoms with van der Waals surface area (Å²) >= 11 is 0. The third-order valence-corrected chi connectivity index (χ3v) is 2.81. The van der Waals surface area contributed by atoms with Gasteiger partial charge < -0.3 is 5.11 Å². The second-order valence-electron chi connectivity index (χ2n) is 3.82. The molecule has 2 aliphatic heterocycles. The van der Waals surface area contributed by atoms with Crippen LogP contribution in [0.4, 0.5) is 0 Å². The van der Waals surface area contributed by atoms with Crippen molar-refractivity contribution >= 4 is 23.6 Å². The molecule has 7 heteroatoms. The van der Waals surface area contributed by atoms with Crippen molar-refractivity contribution in [3.63, 3.8) is 0 Å². The zero-order chi connectivity index (χ0) is 13.5. The van der Waals surface area contributed by atoms with Gasteiger partial charge >= 0.3 is 0 Å². The van der Waals surface area contributed by atoms with Crippen LogP contribution >= 0.6 is 0 Å².